The molecule has 3 rings (SSSR count). The molecular formula is C19H24N2O3. The first-order chi connectivity index (χ1) is 11.2. The number of rotatable bonds is 4. The zero-order chi connectivity index (χ0) is 17.6. The van der Waals surface area contributed by atoms with E-state index < -0.39 is 11.4 Å². The van der Waals surface area contributed by atoms with Crippen LogP contribution in [-0.4, -0.2) is 22.7 Å². The van der Waals surface area contributed by atoms with Crippen LogP contribution in [0.5, 0.6) is 0 Å². The molecule has 0 saturated heterocycles. The molecule has 1 aromatic carbocycles. The highest BCUT2D eigenvalue weighted by Gasteiger charge is 2.71. The molecule has 1 amide bonds. The van der Waals surface area contributed by atoms with E-state index in [2.05, 4.69) is 17.5 Å². The third-order valence-corrected chi connectivity index (χ3v) is 6.67. The zero-order valence-corrected chi connectivity index (χ0v) is 14.4. The molecule has 1 aromatic rings. The summed E-state index contributed by atoms with van der Waals surface area (Å²) in [6.45, 7) is 6.11. The van der Waals surface area contributed by atoms with Crippen LogP contribution >= 0.6 is 0 Å². The Morgan fingerprint density at radius 2 is 1.83 bits per heavy atom. The highest BCUT2D eigenvalue weighted by molar-refractivity contribution is 6.01. The number of amides is 1. The van der Waals surface area contributed by atoms with Crippen molar-refractivity contribution in [1.82, 2.24) is 5.43 Å². The molecule has 5 nitrogen and oxygen atoms in total. The Hall–Kier alpha value is -2.17. The van der Waals surface area contributed by atoms with Gasteiger partial charge in [-0.15, -0.1) is 0 Å². The summed E-state index contributed by atoms with van der Waals surface area (Å²) < 4.78 is 0. The van der Waals surface area contributed by atoms with Crippen molar-refractivity contribution >= 4 is 17.6 Å². The van der Waals surface area contributed by atoms with Crippen molar-refractivity contribution in [3.05, 3.63) is 35.9 Å². The van der Waals surface area contributed by atoms with Crippen LogP contribution in [0, 0.1) is 16.2 Å². The van der Waals surface area contributed by atoms with Crippen molar-refractivity contribution in [2.75, 3.05) is 0 Å². The summed E-state index contributed by atoms with van der Waals surface area (Å²) in [5.74, 6) is -0.931. The van der Waals surface area contributed by atoms with Crippen molar-refractivity contribution < 1.29 is 14.7 Å². The molecule has 5 heteroatoms. The van der Waals surface area contributed by atoms with Crippen LogP contribution < -0.4 is 5.43 Å². The lowest BCUT2D eigenvalue weighted by molar-refractivity contribution is -0.154. The minimum Gasteiger partial charge on any atom is -0.481 e. The number of benzene rings is 1. The average molecular weight is 328 g/mol. The van der Waals surface area contributed by atoms with Crippen molar-refractivity contribution in [3.8, 4) is 0 Å². The Bertz CT molecular complexity index is 711. The van der Waals surface area contributed by atoms with Gasteiger partial charge in [0.05, 0.1) is 11.8 Å². The standard InChI is InChI=1S/C19H24N2O3/c1-17(2)18(3)9-10-19(17,16(23)24)12-14(18)20-21-15(22)11-13-7-5-4-6-8-13/h4-8H,9-12H2,1-3H3,(H,21,22)(H,23,24)/b20-14+. The number of carboxylic acid groups (broad SMARTS) is 1. The quantitative estimate of drug-likeness (QED) is 0.834. The van der Waals surface area contributed by atoms with Gasteiger partial charge in [-0.1, -0.05) is 51.1 Å². The van der Waals surface area contributed by atoms with E-state index in [-0.39, 0.29) is 23.2 Å². The number of carbonyl (C=O) groups is 2. The third-order valence-electron chi connectivity index (χ3n) is 6.67. The molecule has 0 heterocycles. The van der Waals surface area contributed by atoms with E-state index in [1.54, 1.807) is 0 Å². The molecule has 2 aliphatic carbocycles. The Morgan fingerprint density at radius 1 is 1.17 bits per heavy atom. The van der Waals surface area contributed by atoms with Gasteiger partial charge in [-0.2, -0.15) is 5.10 Å². The van der Waals surface area contributed by atoms with Crippen molar-refractivity contribution in [3.63, 3.8) is 0 Å². The first kappa shape index (κ1) is 16.7. The molecule has 2 saturated carbocycles. The minimum absolute atomic E-state index is 0.178. The number of nitrogens with one attached hydrogen (secondary N) is 1. The van der Waals surface area contributed by atoms with Crippen molar-refractivity contribution in [2.45, 2.75) is 46.5 Å². The van der Waals surface area contributed by atoms with E-state index in [0.717, 1.165) is 17.7 Å². The van der Waals surface area contributed by atoms with Gasteiger partial charge in [-0.3, -0.25) is 9.59 Å². The lowest BCUT2D eigenvalue weighted by Crippen LogP contribution is -2.40. The summed E-state index contributed by atoms with van der Waals surface area (Å²) in [6, 6.07) is 9.49. The van der Waals surface area contributed by atoms with Crippen LogP contribution in [0.15, 0.2) is 35.4 Å². The second kappa shape index (κ2) is 5.43. The number of carbonyl (C=O) groups excluding carboxylic acids is 1. The molecule has 2 atom stereocenters. The number of nitrogens with zero attached hydrogens (tertiary/aromatic N) is 1. The summed E-state index contributed by atoms with van der Waals surface area (Å²) in [5.41, 5.74) is 2.93. The number of hydrogen-bond donors (Lipinski definition) is 2. The fraction of sp³-hybridized carbons (Fsp3) is 0.526. The number of hydrogen-bond acceptors (Lipinski definition) is 3. The van der Waals surface area contributed by atoms with Gasteiger partial charge in [0.1, 0.15) is 0 Å². The predicted octanol–water partition coefficient (Wildman–Crippen LogP) is 3.00. The number of carboxylic acids is 1. The zero-order valence-electron chi connectivity index (χ0n) is 14.4. The van der Waals surface area contributed by atoms with Crippen molar-refractivity contribution in [2.24, 2.45) is 21.3 Å². The molecule has 0 radical (unpaired) electrons. The first-order valence-corrected chi connectivity index (χ1v) is 8.36. The second-order valence-corrected chi connectivity index (χ2v) is 7.78. The van der Waals surface area contributed by atoms with E-state index in [4.69, 9.17) is 0 Å². The summed E-state index contributed by atoms with van der Waals surface area (Å²) in [4.78, 5) is 24.0. The van der Waals surface area contributed by atoms with Crippen LogP contribution in [0.25, 0.3) is 0 Å². The third kappa shape index (κ3) is 2.18. The van der Waals surface area contributed by atoms with E-state index in [1.165, 1.54) is 0 Å². The molecule has 128 valence electrons. The van der Waals surface area contributed by atoms with Gasteiger partial charge in [-0.25, -0.2) is 5.43 Å². The average Bonchev–Trinajstić information content (AvgIpc) is 2.84. The SMILES string of the molecule is CC12CCC(C(=O)O)(C/C1=N\NC(=O)Cc1ccccc1)C2(C)C. The number of hydrazone groups is 1. The van der Waals surface area contributed by atoms with Gasteiger partial charge in [0.25, 0.3) is 0 Å². The lowest BCUT2D eigenvalue weighted by atomic mass is 9.65. The molecule has 0 aromatic heterocycles. The molecule has 24 heavy (non-hydrogen) atoms. The van der Waals surface area contributed by atoms with Gasteiger partial charge in [0, 0.05) is 17.5 Å². The first-order valence-electron chi connectivity index (χ1n) is 8.36. The fourth-order valence-corrected chi connectivity index (χ4v) is 4.48. The smallest absolute Gasteiger partial charge is 0.310 e. The summed E-state index contributed by atoms with van der Waals surface area (Å²) in [7, 11) is 0. The van der Waals surface area contributed by atoms with Gasteiger partial charge in [0.15, 0.2) is 0 Å². The van der Waals surface area contributed by atoms with Crippen LogP contribution in [-0.2, 0) is 16.0 Å². The van der Waals surface area contributed by atoms with E-state index in [1.807, 2.05) is 44.2 Å². The van der Waals surface area contributed by atoms with E-state index in [0.29, 0.717) is 12.8 Å². The van der Waals surface area contributed by atoms with Gasteiger partial charge < -0.3 is 5.11 Å². The Morgan fingerprint density at radius 3 is 2.42 bits per heavy atom. The van der Waals surface area contributed by atoms with Gasteiger partial charge >= 0.3 is 5.97 Å². The van der Waals surface area contributed by atoms with Crippen LogP contribution in [0.1, 0.15) is 45.6 Å². The summed E-state index contributed by atoms with van der Waals surface area (Å²) in [6.07, 6.45) is 2.14. The van der Waals surface area contributed by atoms with Gasteiger partial charge in [0.2, 0.25) is 5.91 Å². The topological polar surface area (TPSA) is 78.8 Å². The highest BCUT2D eigenvalue weighted by Crippen LogP contribution is 2.70. The predicted molar refractivity (Wildman–Crippen MR) is 91.5 cm³/mol. The minimum atomic E-state index is -0.773. The Labute approximate surface area is 142 Å². The molecular weight excluding hydrogens is 304 g/mol. The van der Waals surface area contributed by atoms with Crippen LogP contribution in [0.2, 0.25) is 0 Å². The van der Waals surface area contributed by atoms with Gasteiger partial charge in [-0.05, 0) is 23.8 Å². The maximum Gasteiger partial charge on any atom is 0.310 e. The maximum absolute atomic E-state index is 12.1. The lowest BCUT2D eigenvalue weighted by Gasteiger charge is -2.37. The second-order valence-electron chi connectivity index (χ2n) is 7.78. The Balaban J connectivity index is 1.77. The van der Waals surface area contributed by atoms with Crippen LogP contribution in [0.4, 0.5) is 0 Å². The number of fused-ring (bicyclic) bond motifs is 2. The summed E-state index contributed by atoms with van der Waals surface area (Å²) in [5, 5.41) is 14.1. The molecule has 2 N–H and O–H groups in total. The normalized spacial score (nSPS) is 32.0. The monoisotopic (exact) mass is 328 g/mol. The van der Waals surface area contributed by atoms with E-state index >= 15 is 0 Å². The Kier molecular flexibility index (Phi) is 3.78. The van der Waals surface area contributed by atoms with E-state index in [9.17, 15) is 14.7 Å². The molecule has 0 aliphatic heterocycles. The fourth-order valence-electron chi connectivity index (χ4n) is 4.48. The van der Waals surface area contributed by atoms with Crippen LogP contribution in [0.3, 0.4) is 0 Å². The molecule has 2 bridgehead atoms. The molecule has 2 fully saturated rings. The maximum atomic E-state index is 12.1. The molecule has 2 unspecified atom stereocenters. The molecule has 0 spiro atoms. The van der Waals surface area contributed by atoms with Crippen molar-refractivity contribution in [1.29, 1.82) is 0 Å². The largest absolute Gasteiger partial charge is 0.481 e. The number of aliphatic carboxylic acids is 1. The highest BCUT2D eigenvalue weighted by atomic mass is 16.4. The summed E-state index contributed by atoms with van der Waals surface area (Å²) >= 11 is 0. The molecule has 2 aliphatic rings.